The standard InChI is InChI=1S/C68H128O5/c1-3-5-7-9-11-13-15-17-19-21-23-25-26-27-28-29-30-31-32-33-34-35-36-37-38-39-40-41-42-43-45-47-49-51-53-55-57-59-61-63-68(71)73-66(64-69)65-72-67(70)62-60-58-56-54-52-50-48-46-44-24-22-20-18-16-14-12-10-8-6-4-2/h15,17,21,23,26-27,66,69H,3-14,16,18-20,22,24-25,28-65H2,1-2H3/b17-15-,23-21-,27-26-. The molecule has 5 nitrogen and oxygen atoms in total. The number of esters is 2. The van der Waals surface area contributed by atoms with E-state index in [9.17, 15) is 14.7 Å². The van der Waals surface area contributed by atoms with Crippen molar-refractivity contribution in [3.8, 4) is 0 Å². The number of unbranched alkanes of at least 4 members (excludes halogenated alkanes) is 48. The predicted molar refractivity (Wildman–Crippen MR) is 321 cm³/mol. The zero-order valence-corrected chi connectivity index (χ0v) is 49.4. The molecule has 0 amide bonds. The Balaban J connectivity index is 3.38. The van der Waals surface area contributed by atoms with Crippen LogP contribution in [0.1, 0.15) is 367 Å². The molecule has 0 aliphatic heterocycles. The summed E-state index contributed by atoms with van der Waals surface area (Å²) in [6, 6.07) is 0. The molecule has 5 heteroatoms. The molecule has 0 aliphatic rings. The Hall–Kier alpha value is -1.88. The third kappa shape index (κ3) is 62.6. The number of carbonyl (C=O) groups excluding carboxylic acids is 2. The summed E-state index contributed by atoms with van der Waals surface area (Å²) in [5.41, 5.74) is 0. The van der Waals surface area contributed by atoms with Gasteiger partial charge in [-0.2, -0.15) is 0 Å². The van der Waals surface area contributed by atoms with E-state index < -0.39 is 6.10 Å². The van der Waals surface area contributed by atoms with Crippen molar-refractivity contribution in [3.05, 3.63) is 36.5 Å². The summed E-state index contributed by atoms with van der Waals surface area (Å²) in [5, 5.41) is 9.68. The summed E-state index contributed by atoms with van der Waals surface area (Å²) < 4.78 is 10.7. The highest BCUT2D eigenvalue weighted by molar-refractivity contribution is 5.70. The van der Waals surface area contributed by atoms with Crippen LogP contribution in [0.15, 0.2) is 36.5 Å². The van der Waals surface area contributed by atoms with Gasteiger partial charge in [-0.1, -0.05) is 339 Å². The highest BCUT2D eigenvalue weighted by Gasteiger charge is 2.16. The van der Waals surface area contributed by atoms with Crippen molar-refractivity contribution < 1.29 is 24.2 Å². The minimum absolute atomic E-state index is 0.0581. The van der Waals surface area contributed by atoms with Gasteiger partial charge in [-0.15, -0.1) is 0 Å². The van der Waals surface area contributed by atoms with Gasteiger partial charge in [0.05, 0.1) is 6.61 Å². The molecule has 0 heterocycles. The Morgan fingerprint density at radius 1 is 0.315 bits per heavy atom. The SMILES string of the molecule is CCCCCCC/C=C\C/C=C\C/C=C\CCCCCCCCCCCCCCCCCCCCCCCCCCC(=O)OC(CO)COC(=O)CCCCCCCCCCCCCCCCCCCCCC. The molecule has 0 saturated heterocycles. The molecule has 0 spiro atoms. The topological polar surface area (TPSA) is 72.8 Å². The molecule has 0 rings (SSSR count). The quantitative estimate of drug-likeness (QED) is 0.0373. The molecule has 0 saturated carbocycles. The number of hydrogen-bond acceptors (Lipinski definition) is 5. The number of rotatable bonds is 62. The molecular weight excluding hydrogens is 897 g/mol. The van der Waals surface area contributed by atoms with Crippen LogP contribution in [0.3, 0.4) is 0 Å². The maximum atomic E-state index is 12.3. The van der Waals surface area contributed by atoms with E-state index in [1.807, 2.05) is 0 Å². The van der Waals surface area contributed by atoms with Crippen molar-refractivity contribution in [3.63, 3.8) is 0 Å². The van der Waals surface area contributed by atoms with E-state index in [2.05, 4.69) is 50.3 Å². The third-order valence-electron chi connectivity index (χ3n) is 15.2. The van der Waals surface area contributed by atoms with Gasteiger partial charge in [-0.3, -0.25) is 9.59 Å². The molecule has 1 unspecified atom stereocenters. The van der Waals surface area contributed by atoms with Gasteiger partial charge in [0.15, 0.2) is 6.10 Å². The normalized spacial score (nSPS) is 12.3. The van der Waals surface area contributed by atoms with E-state index in [0.717, 1.165) is 44.9 Å². The van der Waals surface area contributed by atoms with E-state index in [1.165, 1.54) is 295 Å². The Labute approximate surface area is 456 Å². The van der Waals surface area contributed by atoms with Gasteiger partial charge in [0.1, 0.15) is 6.61 Å². The summed E-state index contributed by atoms with van der Waals surface area (Å²) in [7, 11) is 0. The lowest BCUT2D eigenvalue weighted by molar-refractivity contribution is -0.161. The molecule has 0 aromatic heterocycles. The van der Waals surface area contributed by atoms with Crippen molar-refractivity contribution >= 4 is 11.9 Å². The number of aliphatic hydroxyl groups excluding tert-OH is 1. The lowest BCUT2D eigenvalue weighted by atomic mass is 10.0. The molecule has 0 aromatic rings. The van der Waals surface area contributed by atoms with Crippen LogP contribution in [0.5, 0.6) is 0 Å². The number of allylic oxidation sites excluding steroid dienone is 6. The lowest BCUT2D eigenvalue weighted by Gasteiger charge is -2.15. The van der Waals surface area contributed by atoms with Crippen LogP contribution in [0, 0.1) is 0 Å². The Morgan fingerprint density at radius 2 is 0.548 bits per heavy atom. The van der Waals surface area contributed by atoms with E-state index in [1.54, 1.807) is 0 Å². The summed E-state index contributed by atoms with van der Waals surface area (Å²) in [4.78, 5) is 24.6. The molecule has 73 heavy (non-hydrogen) atoms. The fourth-order valence-corrected chi connectivity index (χ4v) is 10.2. The van der Waals surface area contributed by atoms with E-state index in [0.29, 0.717) is 12.8 Å². The first kappa shape index (κ1) is 71.1. The highest BCUT2D eigenvalue weighted by atomic mass is 16.6. The van der Waals surface area contributed by atoms with Gasteiger partial charge in [0.2, 0.25) is 0 Å². The number of hydrogen-bond donors (Lipinski definition) is 1. The minimum Gasteiger partial charge on any atom is -0.462 e. The van der Waals surface area contributed by atoms with Crippen molar-refractivity contribution in [1.29, 1.82) is 0 Å². The zero-order valence-electron chi connectivity index (χ0n) is 49.4. The lowest BCUT2D eigenvalue weighted by Crippen LogP contribution is -2.28. The smallest absolute Gasteiger partial charge is 0.306 e. The second-order valence-corrected chi connectivity index (χ2v) is 22.6. The van der Waals surface area contributed by atoms with Gasteiger partial charge < -0.3 is 14.6 Å². The van der Waals surface area contributed by atoms with Crippen LogP contribution >= 0.6 is 0 Å². The number of carbonyl (C=O) groups is 2. The Kier molecular flexibility index (Phi) is 62.7. The van der Waals surface area contributed by atoms with Gasteiger partial charge in [-0.25, -0.2) is 0 Å². The van der Waals surface area contributed by atoms with Gasteiger partial charge in [0, 0.05) is 12.8 Å². The summed E-state index contributed by atoms with van der Waals surface area (Å²) in [6.45, 7) is 4.19. The summed E-state index contributed by atoms with van der Waals surface area (Å²) >= 11 is 0. The van der Waals surface area contributed by atoms with Gasteiger partial charge in [0.25, 0.3) is 0 Å². The first-order valence-electron chi connectivity index (χ1n) is 33.0. The number of ether oxygens (including phenoxy) is 2. The molecule has 0 aromatic carbocycles. The molecular formula is C68H128O5. The van der Waals surface area contributed by atoms with Crippen LogP contribution in [0.4, 0.5) is 0 Å². The molecule has 0 radical (unpaired) electrons. The van der Waals surface area contributed by atoms with Crippen LogP contribution in [-0.2, 0) is 19.1 Å². The van der Waals surface area contributed by atoms with Crippen LogP contribution in [0.2, 0.25) is 0 Å². The second kappa shape index (κ2) is 64.4. The van der Waals surface area contributed by atoms with Crippen molar-refractivity contribution in [2.45, 2.75) is 373 Å². The second-order valence-electron chi connectivity index (χ2n) is 22.6. The first-order valence-corrected chi connectivity index (χ1v) is 33.0. The minimum atomic E-state index is -0.768. The molecule has 1 N–H and O–H groups in total. The van der Waals surface area contributed by atoms with E-state index in [4.69, 9.17) is 9.47 Å². The summed E-state index contributed by atoms with van der Waals surface area (Å²) in [5.74, 6) is -0.566. The van der Waals surface area contributed by atoms with E-state index in [-0.39, 0.29) is 25.2 Å². The monoisotopic (exact) mass is 1020 g/mol. The van der Waals surface area contributed by atoms with Crippen molar-refractivity contribution in [2.75, 3.05) is 13.2 Å². The third-order valence-corrected chi connectivity index (χ3v) is 15.2. The van der Waals surface area contributed by atoms with Crippen LogP contribution in [0.25, 0.3) is 0 Å². The van der Waals surface area contributed by atoms with Crippen molar-refractivity contribution in [1.82, 2.24) is 0 Å². The fourth-order valence-electron chi connectivity index (χ4n) is 10.2. The largest absolute Gasteiger partial charge is 0.462 e. The Morgan fingerprint density at radius 3 is 0.822 bits per heavy atom. The van der Waals surface area contributed by atoms with Gasteiger partial charge >= 0.3 is 11.9 Å². The average molecular weight is 1030 g/mol. The summed E-state index contributed by atoms with van der Waals surface area (Å²) in [6.07, 6.45) is 84.6. The average Bonchev–Trinajstić information content (AvgIpc) is 3.39. The van der Waals surface area contributed by atoms with Crippen LogP contribution in [-0.4, -0.2) is 36.4 Å². The first-order chi connectivity index (χ1) is 36.1. The van der Waals surface area contributed by atoms with Crippen LogP contribution < -0.4 is 0 Å². The molecule has 0 aliphatic carbocycles. The molecule has 430 valence electrons. The van der Waals surface area contributed by atoms with Crippen molar-refractivity contribution in [2.24, 2.45) is 0 Å². The molecule has 0 fully saturated rings. The zero-order chi connectivity index (χ0) is 52.7. The maximum Gasteiger partial charge on any atom is 0.306 e. The maximum absolute atomic E-state index is 12.3. The Bertz CT molecular complexity index is 1160. The number of aliphatic hydroxyl groups is 1. The van der Waals surface area contributed by atoms with Gasteiger partial charge in [-0.05, 0) is 51.4 Å². The molecule has 1 atom stereocenters. The highest BCUT2D eigenvalue weighted by Crippen LogP contribution is 2.18. The predicted octanol–water partition coefficient (Wildman–Crippen LogP) is 22.6. The van der Waals surface area contributed by atoms with E-state index >= 15 is 0 Å². The molecule has 0 bridgehead atoms. The fraction of sp³-hybridized carbons (Fsp3) is 0.882.